The molecule has 0 aromatic rings. The maximum atomic E-state index is 11.6. The van der Waals surface area contributed by atoms with Crippen molar-refractivity contribution in [2.75, 3.05) is 20.0 Å². The third-order valence-corrected chi connectivity index (χ3v) is 7.07. The van der Waals surface area contributed by atoms with E-state index < -0.39 is 9.84 Å². The molecule has 2 aliphatic rings. The number of methoxy groups -OCH3 is 1. The lowest BCUT2D eigenvalue weighted by molar-refractivity contribution is 0.106. The smallest absolute Gasteiger partial charge is 0.150 e. The van der Waals surface area contributed by atoms with Crippen molar-refractivity contribution in [3.8, 4) is 0 Å². The zero-order valence-corrected chi connectivity index (χ0v) is 13.9. The summed E-state index contributed by atoms with van der Waals surface area (Å²) in [5.74, 6) is 0.947. The Morgan fingerprint density at radius 2 is 1.80 bits per heavy atom. The van der Waals surface area contributed by atoms with Gasteiger partial charge >= 0.3 is 0 Å². The summed E-state index contributed by atoms with van der Waals surface area (Å²) in [7, 11) is -1.16. The molecule has 3 atom stereocenters. The minimum absolute atomic E-state index is 0.0265. The summed E-state index contributed by atoms with van der Waals surface area (Å²) < 4.78 is 28.4. The van der Waals surface area contributed by atoms with Crippen molar-refractivity contribution in [2.45, 2.75) is 55.3 Å². The molecule has 1 saturated carbocycles. The van der Waals surface area contributed by atoms with Gasteiger partial charge in [-0.05, 0) is 44.4 Å². The molecule has 0 bridgehead atoms. The van der Waals surface area contributed by atoms with Gasteiger partial charge in [0.1, 0.15) is 9.84 Å². The second-order valence-electron chi connectivity index (χ2n) is 6.33. The zero-order valence-electron chi connectivity index (χ0n) is 12.3. The van der Waals surface area contributed by atoms with Crippen LogP contribution in [0.1, 0.15) is 38.5 Å². The van der Waals surface area contributed by atoms with Crippen molar-refractivity contribution in [1.82, 2.24) is 5.32 Å². The molecule has 4 nitrogen and oxygen atoms in total. The van der Waals surface area contributed by atoms with Crippen molar-refractivity contribution >= 4 is 21.4 Å². The molecule has 1 heterocycles. The van der Waals surface area contributed by atoms with Crippen molar-refractivity contribution in [3.05, 3.63) is 0 Å². The highest BCUT2D eigenvalue weighted by atomic mass is 35.5. The predicted molar refractivity (Wildman–Crippen MR) is 81.8 cm³/mol. The van der Waals surface area contributed by atoms with Crippen LogP contribution < -0.4 is 5.32 Å². The third-order valence-electron chi connectivity index (χ3n) is 4.91. The number of rotatable bonds is 4. The van der Waals surface area contributed by atoms with Crippen molar-refractivity contribution in [1.29, 1.82) is 0 Å². The van der Waals surface area contributed by atoms with E-state index in [0.29, 0.717) is 24.5 Å². The number of ether oxygens (including phenoxy) is 1. The van der Waals surface area contributed by atoms with E-state index in [0.717, 1.165) is 38.5 Å². The van der Waals surface area contributed by atoms with Crippen molar-refractivity contribution in [3.63, 3.8) is 0 Å². The lowest BCUT2D eigenvalue weighted by Crippen LogP contribution is -2.50. The first-order valence-electron chi connectivity index (χ1n) is 7.49. The monoisotopic (exact) mass is 323 g/mol. The van der Waals surface area contributed by atoms with Gasteiger partial charge in [0.05, 0.1) is 17.4 Å². The van der Waals surface area contributed by atoms with Crippen LogP contribution in [0.2, 0.25) is 0 Å². The van der Waals surface area contributed by atoms with E-state index in [4.69, 9.17) is 16.3 Å². The molecular formula is C14H26ClNO3S. The molecule has 1 aliphatic heterocycles. The van der Waals surface area contributed by atoms with Gasteiger partial charge in [-0.25, -0.2) is 8.42 Å². The number of alkyl halides is 1. The van der Waals surface area contributed by atoms with E-state index in [1.807, 2.05) is 0 Å². The Hall–Kier alpha value is 0.160. The van der Waals surface area contributed by atoms with E-state index in [2.05, 4.69) is 5.32 Å². The molecule has 3 unspecified atom stereocenters. The summed E-state index contributed by atoms with van der Waals surface area (Å²) in [6.45, 7) is 0.703. The molecular weight excluding hydrogens is 298 g/mol. The van der Waals surface area contributed by atoms with Gasteiger partial charge in [0.2, 0.25) is 0 Å². The van der Waals surface area contributed by atoms with Gasteiger partial charge in [-0.1, -0.05) is 0 Å². The lowest BCUT2D eigenvalue weighted by atomic mass is 9.79. The number of piperidine rings is 1. The van der Waals surface area contributed by atoms with Crippen LogP contribution >= 0.6 is 11.6 Å². The molecule has 1 N–H and O–H groups in total. The molecule has 1 aliphatic carbocycles. The second-order valence-corrected chi connectivity index (χ2v) is 9.13. The van der Waals surface area contributed by atoms with Gasteiger partial charge in [0.15, 0.2) is 0 Å². The first-order chi connectivity index (χ1) is 9.41. The van der Waals surface area contributed by atoms with Gasteiger partial charge in [-0.3, -0.25) is 5.32 Å². The fourth-order valence-electron chi connectivity index (χ4n) is 3.64. The number of hydrogen-bond donors (Lipinski definition) is 1. The van der Waals surface area contributed by atoms with Crippen LogP contribution in [0.3, 0.4) is 0 Å². The zero-order chi connectivity index (χ0) is 14.8. The van der Waals surface area contributed by atoms with Gasteiger partial charge in [0.25, 0.3) is 0 Å². The highest BCUT2D eigenvalue weighted by molar-refractivity contribution is 7.91. The molecule has 1 saturated heterocycles. The summed E-state index contributed by atoms with van der Waals surface area (Å²) in [6.07, 6.45) is 7.16. The van der Waals surface area contributed by atoms with E-state index >= 15 is 0 Å². The minimum Gasteiger partial charge on any atom is -0.384 e. The lowest BCUT2D eigenvalue weighted by Gasteiger charge is -2.40. The van der Waals surface area contributed by atoms with Gasteiger partial charge in [0, 0.05) is 25.3 Å². The van der Waals surface area contributed by atoms with E-state index in [1.54, 1.807) is 7.11 Å². The van der Waals surface area contributed by atoms with Gasteiger partial charge < -0.3 is 4.74 Å². The average Bonchev–Trinajstić information content (AvgIpc) is 2.40. The van der Waals surface area contributed by atoms with Gasteiger partial charge in [-0.15, -0.1) is 11.6 Å². The second kappa shape index (κ2) is 6.95. The Balaban J connectivity index is 1.83. The van der Waals surface area contributed by atoms with E-state index in [-0.39, 0.29) is 10.8 Å². The van der Waals surface area contributed by atoms with E-state index in [9.17, 15) is 8.42 Å². The Morgan fingerprint density at radius 3 is 2.30 bits per heavy atom. The molecule has 0 aromatic carbocycles. The quantitative estimate of drug-likeness (QED) is 0.636. The van der Waals surface area contributed by atoms with Crippen molar-refractivity contribution in [2.24, 2.45) is 11.8 Å². The summed E-state index contributed by atoms with van der Waals surface area (Å²) in [6, 6.07) is 0.436. The summed E-state index contributed by atoms with van der Waals surface area (Å²) in [4.78, 5) is 0. The predicted octanol–water partition coefficient (Wildman–Crippen LogP) is 2.17. The number of hydrogen-bond acceptors (Lipinski definition) is 4. The van der Waals surface area contributed by atoms with Crippen molar-refractivity contribution < 1.29 is 13.2 Å². The average molecular weight is 324 g/mol. The van der Waals surface area contributed by atoms with Gasteiger partial charge in [-0.2, -0.15) is 0 Å². The molecule has 0 amide bonds. The fourth-order valence-corrected chi connectivity index (χ4v) is 5.13. The topological polar surface area (TPSA) is 55.4 Å². The number of nitrogens with one attached hydrogen (secondary N) is 1. The Kier molecular flexibility index (Phi) is 5.74. The molecule has 2 fully saturated rings. The Bertz CT molecular complexity index is 407. The fraction of sp³-hybridized carbons (Fsp3) is 1.00. The highest BCUT2D eigenvalue weighted by Gasteiger charge is 2.36. The largest absolute Gasteiger partial charge is 0.384 e. The van der Waals surface area contributed by atoms with Crippen LogP contribution in [0.25, 0.3) is 0 Å². The first-order valence-corrected chi connectivity index (χ1v) is 9.89. The van der Waals surface area contributed by atoms with Crippen LogP contribution in [-0.2, 0) is 14.6 Å². The van der Waals surface area contributed by atoms with Crippen LogP contribution in [0.4, 0.5) is 0 Å². The van der Waals surface area contributed by atoms with Crippen LogP contribution in [0.15, 0.2) is 0 Å². The highest BCUT2D eigenvalue weighted by Crippen LogP contribution is 2.35. The maximum Gasteiger partial charge on any atom is 0.150 e. The first kappa shape index (κ1) is 16.5. The summed E-state index contributed by atoms with van der Waals surface area (Å²) in [5, 5.41) is 3.38. The van der Waals surface area contributed by atoms with E-state index in [1.165, 1.54) is 6.26 Å². The molecule has 118 valence electrons. The Morgan fingerprint density at radius 1 is 1.15 bits per heavy atom. The number of halogens is 1. The molecule has 6 heteroatoms. The van der Waals surface area contributed by atoms with Crippen LogP contribution in [0, 0.1) is 11.8 Å². The summed E-state index contributed by atoms with van der Waals surface area (Å²) in [5.41, 5.74) is -0.0265. The molecule has 0 aromatic heterocycles. The third kappa shape index (κ3) is 4.09. The molecule has 2 rings (SSSR count). The SMILES string of the molecule is COCC1CCC(C2CCC(S(C)(=O)=O)CC2)NC1Cl. The molecule has 20 heavy (non-hydrogen) atoms. The molecule has 0 radical (unpaired) electrons. The number of sulfone groups is 1. The normalized spacial score (nSPS) is 39.6. The standard InChI is InChI=1S/C14H26ClNO3S/c1-19-9-11-5-8-13(16-14(11)15)10-3-6-12(7-4-10)20(2,17)18/h10-14,16H,3-9H2,1-2H3. The van der Waals surface area contributed by atoms with Crippen LogP contribution in [-0.4, -0.2) is 45.2 Å². The molecule has 0 spiro atoms. The summed E-state index contributed by atoms with van der Waals surface area (Å²) >= 11 is 6.39. The maximum absolute atomic E-state index is 11.6. The van der Waals surface area contributed by atoms with Crippen LogP contribution in [0.5, 0.6) is 0 Å². The minimum atomic E-state index is -2.87. The Labute approximate surface area is 127 Å².